The third kappa shape index (κ3) is 3.82. The molecule has 1 nitrogen and oxygen atoms in total. The van der Waals surface area contributed by atoms with Gasteiger partial charge >= 0.3 is 0 Å². The lowest BCUT2D eigenvalue weighted by atomic mass is 9.97. The molecule has 2 aliphatic rings. The molecule has 0 radical (unpaired) electrons. The van der Waals surface area contributed by atoms with Gasteiger partial charge in [0.25, 0.3) is 0 Å². The molecule has 0 bridgehead atoms. The van der Waals surface area contributed by atoms with Gasteiger partial charge in [-0.05, 0) is 30.9 Å². The lowest BCUT2D eigenvalue weighted by Gasteiger charge is -2.14. The first-order valence-electron chi connectivity index (χ1n) is 8.22. The standard InChI is InChI=1S/C18H27N/c1-2-5-9-15(8-4-1)12-13-19-18-14-17(18)16-10-6-3-7-11-16/h3,6-7,10-11,15,17-19H,1-2,4-5,8-9,12-14H2/t17?,18-/m0/s1. The van der Waals surface area contributed by atoms with Crippen LogP contribution in [0.15, 0.2) is 30.3 Å². The average molecular weight is 257 g/mol. The molecule has 1 heteroatoms. The zero-order chi connectivity index (χ0) is 12.9. The van der Waals surface area contributed by atoms with E-state index >= 15 is 0 Å². The normalized spacial score (nSPS) is 28.0. The highest BCUT2D eigenvalue weighted by atomic mass is 15.0. The van der Waals surface area contributed by atoms with Gasteiger partial charge in [-0.25, -0.2) is 0 Å². The van der Waals surface area contributed by atoms with E-state index < -0.39 is 0 Å². The highest BCUT2D eigenvalue weighted by Gasteiger charge is 2.37. The Bertz CT molecular complexity index is 365. The van der Waals surface area contributed by atoms with E-state index in [0.717, 1.165) is 17.9 Å². The number of benzene rings is 1. The largest absolute Gasteiger partial charge is 0.313 e. The van der Waals surface area contributed by atoms with Crippen LogP contribution < -0.4 is 5.32 Å². The van der Waals surface area contributed by atoms with Crippen LogP contribution in [0, 0.1) is 5.92 Å². The van der Waals surface area contributed by atoms with Crippen LogP contribution in [-0.2, 0) is 0 Å². The Morgan fingerprint density at radius 1 is 0.947 bits per heavy atom. The highest BCUT2D eigenvalue weighted by molar-refractivity contribution is 5.27. The van der Waals surface area contributed by atoms with Crippen molar-refractivity contribution in [3.05, 3.63) is 35.9 Å². The Balaban J connectivity index is 1.35. The summed E-state index contributed by atoms with van der Waals surface area (Å²) >= 11 is 0. The Morgan fingerprint density at radius 2 is 1.68 bits per heavy atom. The molecule has 0 aliphatic heterocycles. The second kappa shape index (κ2) is 6.56. The van der Waals surface area contributed by atoms with Gasteiger partial charge in [-0.15, -0.1) is 0 Å². The van der Waals surface area contributed by atoms with Crippen molar-refractivity contribution < 1.29 is 0 Å². The van der Waals surface area contributed by atoms with E-state index in [2.05, 4.69) is 35.6 Å². The van der Waals surface area contributed by atoms with Gasteiger partial charge in [-0.1, -0.05) is 68.9 Å². The summed E-state index contributed by atoms with van der Waals surface area (Å²) in [7, 11) is 0. The predicted molar refractivity (Wildman–Crippen MR) is 81.4 cm³/mol. The van der Waals surface area contributed by atoms with E-state index in [1.54, 1.807) is 0 Å². The van der Waals surface area contributed by atoms with E-state index in [1.165, 1.54) is 63.5 Å². The van der Waals surface area contributed by atoms with E-state index in [1.807, 2.05) is 0 Å². The van der Waals surface area contributed by atoms with Crippen molar-refractivity contribution in [1.82, 2.24) is 5.32 Å². The van der Waals surface area contributed by atoms with Crippen molar-refractivity contribution in [2.24, 2.45) is 5.92 Å². The Kier molecular flexibility index (Phi) is 4.55. The molecule has 1 unspecified atom stereocenters. The summed E-state index contributed by atoms with van der Waals surface area (Å²) in [6.07, 6.45) is 11.6. The van der Waals surface area contributed by atoms with E-state index in [0.29, 0.717) is 0 Å². The van der Waals surface area contributed by atoms with Crippen molar-refractivity contribution in [2.45, 2.75) is 63.3 Å². The molecule has 0 spiro atoms. The van der Waals surface area contributed by atoms with Crippen LogP contribution >= 0.6 is 0 Å². The molecule has 2 atom stereocenters. The summed E-state index contributed by atoms with van der Waals surface area (Å²) in [5, 5.41) is 3.77. The molecule has 0 amide bonds. The molecule has 2 fully saturated rings. The molecule has 0 saturated heterocycles. The third-order valence-electron chi connectivity index (χ3n) is 4.95. The lowest BCUT2D eigenvalue weighted by molar-refractivity contribution is 0.413. The van der Waals surface area contributed by atoms with E-state index in [4.69, 9.17) is 0 Å². The van der Waals surface area contributed by atoms with Crippen molar-refractivity contribution in [3.63, 3.8) is 0 Å². The number of nitrogens with one attached hydrogen (secondary N) is 1. The first-order valence-corrected chi connectivity index (χ1v) is 8.22. The molecule has 0 heterocycles. The maximum atomic E-state index is 3.77. The molecular weight excluding hydrogens is 230 g/mol. The summed E-state index contributed by atoms with van der Waals surface area (Å²) < 4.78 is 0. The van der Waals surface area contributed by atoms with Crippen molar-refractivity contribution in [1.29, 1.82) is 0 Å². The fraction of sp³-hybridized carbons (Fsp3) is 0.667. The summed E-state index contributed by atoms with van der Waals surface area (Å²) in [4.78, 5) is 0. The molecule has 1 N–H and O–H groups in total. The van der Waals surface area contributed by atoms with Gasteiger partial charge in [-0.3, -0.25) is 0 Å². The maximum absolute atomic E-state index is 3.77. The first-order chi connectivity index (χ1) is 9.43. The average Bonchev–Trinajstić information content (AvgIpc) is 3.24. The zero-order valence-corrected chi connectivity index (χ0v) is 12.0. The first kappa shape index (κ1) is 13.2. The lowest BCUT2D eigenvalue weighted by Crippen LogP contribution is -2.21. The van der Waals surface area contributed by atoms with Gasteiger partial charge < -0.3 is 5.32 Å². The smallest absolute Gasteiger partial charge is 0.0143 e. The number of rotatable bonds is 5. The summed E-state index contributed by atoms with van der Waals surface area (Å²) in [5.41, 5.74) is 1.52. The Hall–Kier alpha value is -0.820. The minimum Gasteiger partial charge on any atom is -0.313 e. The molecule has 2 saturated carbocycles. The van der Waals surface area contributed by atoms with Crippen LogP contribution in [0.2, 0.25) is 0 Å². The molecule has 2 aliphatic carbocycles. The zero-order valence-electron chi connectivity index (χ0n) is 12.0. The Labute approximate surface area is 117 Å². The van der Waals surface area contributed by atoms with Crippen LogP contribution in [0.5, 0.6) is 0 Å². The van der Waals surface area contributed by atoms with Gasteiger partial charge in [0.15, 0.2) is 0 Å². The van der Waals surface area contributed by atoms with E-state index in [-0.39, 0.29) is 0 Å². The minimum absolute atomic E-state index is 0.758. The van der Waals surface area contributed by atoms with Gasteiger partial charge in [0.1, 0.15) is 0 Å². The number of hydrogen-bond acceptors (Lipinski definition) is 1. The Morgan fingerprint density at radius 3 is 2.42 bits per heavy atom. The van der Waals surface area contributed by atoms with Gasteiger partial charge in [-0.2, -0.15) is 0 Å². The highest BCUT2D eigenvalue weighted by Crippen LogP contribution is 2.40. The number of hydrogen-bond donors (Lipinski definition) is 1. The van der Waals surface area contributed by atoms with Crippen LogP contribution in [0.4, 0.5) is 0 Å². The van der Waals surface area contributed by atoms with Crippen molar-refractivity contribution in [3.8, 4) is 0 Å². The quantitative estimate of drug-likeness (QED) is 0.766. The summed E-state index contributed by atoms with van der Waals surface area (Å²) in [6.45, 7) is 1.23. The van der Waals surface area contributed by atoms with Crippen LogP contribution in [0.25, 0.3) is 0 Å². The molecular formula is C18H27N. The van der Waals surface area contributed by atoms with Gasteiger partial charge in [0.2, 0.25) is 0 Å². The fourth-order valence-electron chi connectivity index (χ4n) is 3.61. The van der Waals surface area contributed by atoms with Crippen molar-refractivity contribution >= 4 is 0 Å². The predicted octanol–water partition coefficient (Wildman–Crippen LogP) is 4.49. The van der Waals surface area contributed by atoms with Gasteiger partial charge in [0.05, 0.1) is 0 Å². The molecule has 1 aromatic rings. The molecule has 0 aromatic heterocycles. The fourth-order valence-corrected chi connectivity index (χ4v) is 3.61. The third-order valence-corrected chi connectivity index (χ3v) is 4.95. The monoisotopic (exact) mass is 257 g/mol. The molecule has 3 rings (SSSR count). The second-order valence-electron chi connectivity index (χ2n) is 6.46. The van der Waals surface area contributed by atoms with Gasteiger partial charge in [0, 0.05) is 12.0 Å². The topological polar surface area (TPSA) is 12.0 Å². The summed E-state index contributed by atoms with van der Waals surface area (Å²) in [5.74, 6) is 1.79. The van der Waals surface area contributed by atoms with Crippen molar-refractivity contribution in [2.75, 3.05) is 6.54 Å². The molecule has 104 valence electrons. The SMILES string of the molecule is c1ccc(C2C[C@@H]2NCCC2CCCCCC2)cc1. The van der Waals surface area contributed by atoms with E-state index in [9.17, 15) is 0 Å². The summed E-state index contributed by atoms with van der Waals surface area (Å²) in [6, 6.07) is 11.7. The van der Waals surface area contributed by atoms with Crippen LogP contribution in [0.3, 0.4) is 0 Å². The minimum atomic E-state index is 0.758. The molecule has 1 aromatic carbocycles. The van der Waals surface area contributed by atoms with Crippen LogP contribution in [0.1, 0.15) is 62.8 Å². The molecule has 19 heavy (non-hydrogen) atoms. The van der Waals surface area contributed by atoms with Crippen LogP contribution in [-0.4, -0.2) is 12.6 Å². The second-order valence-corrected chi connectivity index (χ2v) is 6.46. The maximum Gasteiger partial charge on any atom is 0.0143 e.